The Bertz CT molecular complexity index is 458. The van der Waals surface area contributed by atoms with Gasteiger partial charge in [0.15, 0.2) is 0 Å². The molecule has 0 amide bonds. The maximum absolute atomic E-state index is 6.52. The summed E-state index contributed by atoms with van der Waals surface area (Å²) < 4.78 is 0. The molecule has 0 bridgehead atoms. The smallest absolute Gasteiger partial charge is 0.113 e. The molecule has 1 unspecified atom stereocenters. The fourth-order valence-corrected chi connectivity index (χ4v) is 4.53. The third kappa shape index (κ3) is 2.80. The lowest BCUT2D eigenvalue weighted by Gasteiger charge is -2.35. The van der Waals surface area contributed by atoms with Crippen LogP contribution in [0.2, 0.25) is 0 Å². The van der Waals surface area contributed by atoms with Crippen LogP contribution in [0.5, 0.6) is 0 Å². The zero-order valence-electron chi connectivity index (χ0n) is 13.8. The maximum Gasteiger partial charge on any atom is 0.113 e. The van der Waals surface area contributed by atoms with Gasteiger partial charge in [0, 0.05) is 4.88 Å². The first-order chi connectivity index (χ1) is 9.36. The van der Waals surface area contributed by atoms with Crippen LogP contribution < -0.4 is 5.73 Å². The molecule has 1 heterocycles. The van der Waals surface area contributed by atoms with Crippen molar-refractivity contribution in [3.05, 3.63) is 15.6 Å². The summed E-state index contributed by atoms with van der Waals surface area (Å²) in [6.45, 7) is 11.5. The normalized spacial score (nSPS) is 20.0. The average Bonchev–Trinajstić information content (AvgIpc) is 2.89. The van der Waals surface area contributed by atoms with E-state index in [1.54, 1.807) is 0 Å². The zero-order chi connectivity index (χ0) is 15.0. The van der Waals surface area contributed by atoms with Crippen LogP contribution in [-0.2, 0) is 18.4 Å². The number of hydrogen-bond donors (Lipinski definition) is 1. The van der Waals surface area contributed by atoms with Crippen LogP contribution >= 0.6 is 11.3 Å². The molecule has 2 nitrogen and oxygen atoms in total. The van der Waals surface area contributed by atoms with Gasteiger partial charge < -0.3 is 5.73 Å². The van der Waals surface area contributed by atoms with Crippen molar-refractivity contribution in [2.45, 2.75) is 78.7 Å². The average molecular weight is 295 g/mol. The SMILES string of the molecule is CCC(N)(CC)c1nc2c(s1)CC(C(C)(C)CC)CC2. The molecule has 20 heavy (non-hydrogen) atoms. The van der Waals surface area contributed by atoms with E-state index in [1.807, 2.05) is 11.3 Å². The Balaban J connectivity index is 2.24. The second kappa shape index (κ2) is 5.76. The van der Waals surface area contributed by atoms with Crippen molar-refractivity contribution < 1.29 is 0 Å². The molecule has 1 aliphatic rings. The summed E-state index contributed by atoms with van der Waals surface area (Å²) in [5.41, 5.74) is 8.09. The van der Waals surface area contributed by atoms with E-state index in [1.165, 1.54) is 34.8 Å². The van der Waals surface area contributed by atoms with Crippen molar-refractivity contribution in [2.75, 3.05) is 0 Å². The van der Waals surface area contributed by atoms with Gasteiger partial charge in [-0.15, -0.1) is 11.3 Å². The molecule has 0 fully saturated rings. The molecule has 1 atom stereocenters. The first-order valence-electron chi connectivity index (χ1n) is 8.14. The van der Waals surface area contributed by atoms with Crippen molar-refractivity contribution in [3.8, 4) is 0 Å². The van der Waals surface area contributed by atoms with E-state index in [4.69, 9.17) is 10.7 Å². The number of aryl methyl sites for hydroxylation is 1. The summed E-state index contributed by atoms with van der Waals surface area (Å²) in [6.07, 6.45) is 6.83. The molecule has 1 aromatic rings. The van der Waals surface area contributed by atoms with E-state index in [2.05, 4.69) is 34.6 Å². The maximum atomic E-state index is 6.52. The molecule has 2 rings (SSSR count). The van der Waals surface area contributed by atoms with Crippen molar-refractivity contribution in [1.82, 2.24) is 4.98 Å². The Labute approximate surface area is 128 Å². The molecular weight excluding hydrogens is 264 g/mol. The summed E-state index contributed by atoms with van der Waals surface area (Å²) in [5.74, 6) is 0.795. The lowest BCUT2D eigenvalue weighted by molar-refractivity contribution is 0.183. The van der Waals surface area contributed by atoms with Gasteiger partial charge in [-0.2, -0.15) is 0 Å². The van der Waals surface area contributed by atoms with Crippen LogP contribution in [-0.4, -0.2) is 4.98 Å². The van der Waals surface area contributed by atoms with Crippen LogP contribution in [0.4, 0.5) is 0 Å². The Morgan fingerprint density at radius 1 is 1.20 bits per heavy atom. The van der Waals surface area contributed by atoms with E-state index in [-0.39, 0.29) is 5.54 Å². The summed E-state index contributed by atoms with van der Waals surface area (Å²) >= 11 is 1.89. The first-order valence-corrected chi connectivity index (χ1v) is 8.95. The molecule has 3 heteroatoms. The largest absolute Gasteiger partial charge is 0.319 e. The Morgan fingerprint density at radius 3 is 2.40 bits per heavy atom. The van der Waals surface area contributed by atoms with E-state index in [0.717, 1.165) is 25.2 Å². The summed E-state index contributed by atoms with van der Waals surface area (Å²) in [5, 5.41) is 1.17. The minimum absolute atomic E-state index is 0.211. The third-order valence-electron chi connectivity index (χ3n) is 5.64. The van der Waals surface area contributed by atoms with E-state index in [0.29, 0.717) is 5.41 Å². The quantitative estimate of drug-likeness (QED) is 0.858. The van der Waals surface area contributed by atoms with Gasteiger partial charge >= 0.3 is 0 Å². The van der Waals surface area contributed by atoms with Gasteiger partial charge in [-0.05, 0) is 43.4 Å². The third-order valence-corrected chi connectivity index (χ3v) is 6.98. The van der Waals surface area contributed by atoms with Crippen LogP contribution in [0.1, 0.15) is 75.9 Å². The van der Waals surface area contributed by atoms with Gasteiger partial charge in [0.05, 0.1) is 11.2 Å². The van der Waals surface area contributed by atoms with Crippen molar-refractivity contribution in [2.24, 2.45) is 17.1 Å². The van der Waals surface area contributed by atoms with Crippen molar-refractivity contribution in [3.63, 3.8) is 0 Å². The van der Waals surface area contributed by atoms with Gasteiger partial charge in [-0.3, -0.25) is 0 Å². The molecule has 0 radical (unpaired) electrons. The summed E-state index contributed by atoms with van der Waals surface area (Å²) in [4.78, 5) is 6.41. The number of rotatable bonds is 5. The predicted molar refractivity (Wildman–Crippen MR) is 88.1 cm³/mol. The highest BCUT2D eigenvalue weighted by Gasteiger charge is 2.35. The fourth-order valence-electron chi connectivity index (χ4n) is 3.10. The number of thiazole rings is 1. The highest BCUT2D eigenvalue weighted by Crippen LogP contribution is 2.42. The minimum atomic E-state index is -0.211. The predicted octanol–water partition coefficient (Wildman–Crippen LogP) is 4.66. The Kier molecular flexibility index (Phi) is 4.60. The molecule has 0 aliphatic heterocycles. The topological polar surface area (TPSA) is 38.9 Å². The number of hydrogen-bond acceptors (Lipinski definition) is 3. The summed E-state index contributed by atoms with van der Waals surface area (Å²) in [7, 11) is 0. The molecule has 1 aromatic heterocycles. The molecule has 1 aliphatic carbocycles. The van der Waals surface area contributed by atoms with Crippen LogP contribution in [0, 0.1) is 11.3 Å². The molecular formula is C17H30N2S. The second-order valence-corrected chi connectivity index (χ2v) is 8.12. The molecule has 2 N–H and O–H groups in total. The Hall–Kier alpha value is -0.410. The zero-order valence-corrected chi connectivity index (χ0v) is 14.6. The number of fused-ring (bicyclic) bond motifs is 1. The van der Waals surface area contributed by atoms with Crippen molar-refractivity contribution >= 4 is 11.3 Å². The highest BCUT2D eigenvalue weighted by atomic mass is 32.1. The van der Waals surface area contributed by atoms with E-state index < -0.39 is 0 Å². The number of nitrogens with two attached hydrogens (primary N) is 1. The molecule has 0 saturated carbocycles. The molecule has 114 valence electrons. The molecule has 0 spiro atoms. The number of aromatic nitrogens is 1. The Morgan fingerprint density at radius 2 is 1.85 bits per heavy atom. The first kappa shape index (κ1) is 16.0. The second-order valence-electron chi connectivity index (χ2n) is 7.03. The summed E-state index contributed by atoms with van der Waals surface area (Å²) in [6, 6.07) is 0. The van der Waals surface area contributed by atoms with Crippen molar-refractivity contribution in [1.29, 1.82) is 0 Å². The minimum Gasteiger partial charge on any atom is -0.319 e. The fraction of sp³-hybridized carbons (Fsp3) is 0.824. The van der Waals surface area contributed by atoms with Crippen LogP contribution in [0.3, 0.4) is 0 Å². The monoisotopic (exact) mass is 294 g/mol. The standard InChI is InChI=1S/C17H30N2S/c1-6-16(4,5)12-9-10-13-14(11-12)20-15(19-13)17(18,7-2)8-3/h12H,6-11,18H2,1-5H3. The molecule has 0 saturated heterocycles. The van der Waals surface area contributed by atoms with Gasteiger partial charge in [0.1, 0.15) is 5.01 Å². The van der Waals surface area contributed by atoms with Gasteiger partial charge in [0.25, 0.3) is 0 Å². The van der Waals surface area contributed by atoms with Crippen LogP contribution in [0.25, 0.3) is 0 Å². The number of nitrogens with zero attached hydrogens (tertiary/aromatic N) is 1. The van der Waals surface area contributed by atoms with Gasteiger partial charge in [-0.1, -0.05) is 41.0 Å². The van der Waals surface area contributed by atoms with E-state index in [9.17, 15) is 0 Å². The van der Waals surface area contributed by atoms with E-state index >= 15 is 0 Å². The van der Waals surface area contributed by atoms with Crippen LogP contribution in [0.15, 0.2) is 0 Å². The van der Waals surface area contributed by atoms with Gasteiger partial charge in [-0.25, -0.2) is 4.98 Å². The highest BCUT2D eigenvalue weighted by molar-refractivity contribution is 7.11. The lowest BCUT2D eigenvalue weighted by atomic mass is 9.70. The lowest BCUT2D eigenvalue weighted by Crippen LogP contribution is -2.34. The molecule has 0 aromatic carbocycles. The van der Waals surface area contributed by atoms with Gasteiger partial charge in [0.2, 0.25) is 0 Å².